The molecule has 0 bridgehead atoms. The van der Waals surface area contributed by atoms with E-state index in [9.17, 15) is 9.59 Å². The summed E-state index contributed by atoms with van der Waals surface area (Å²) in [7, 11) is 0. The van der Waals surface area contributed by atoms with Gasteiger partial charge in [-0.2, -0.15) is 0 Å². The van der Waals surface area contributed by atoms with Crippen molar-refractivity contribution in [1.82, 2.24) is 0 Å². The molecule has 0 spiro atoms. The van der Waals surface area contributed by atoms with E-state index in [-0.39, 0.29) is 11.9 Å². The van der Waals surface area contributed by atoms with Gasteiger partial charge in [-0.15, -0.1) is 0 Å². The van der Waals surface area contributed by atoms with E-state index >= 15 is 0 Å². The van der Waals surface area contributed by atoms with Crippen LogP contribution in [-0.4, -0.2) is 25.2 Å². The lowest BCUT2D eigenvalue weighted by atomic mass is 9.69. The second-order valence-corrected chi connectivity index (χ2v) is 10.1. The number of carbonyl (C=O) groups excluding carboxylic acids is 2. The smallest absolute Gasteiger partial charge is 0.323 e. The van der Waals surface area contributed by atoms with Crippen molar-refractivity contribution in [3.8, 4) is 0 Å². The van der Waals surface area contributed by atoms with Gasteiger partial charge in [0.2, 0.25) is 0 Å². The van der Waals surface area contributed by atoms with Gasteiger partial charge in [0.25, 0.3) is 0 Å². The molecule has 0 aromatic rings. The first kappa shape index (κ1) is 27.0. The molecule has 0 amide bonds. The lowest BCUT2D eigenvalue weighted by Gasteiger charge is -2.36. The van der Waals surface area contributed by atoms with Crippen LogP contribution in [0.1, 0.15) is 124 Å². The molecule has 0 unspecified atom stereocenters. The molecule has 1 aliphatic rings. The fourth-order valence-electron chi connectivity index (χ4n) is 4.00. The Kier molecular flexibility index (Phi) is 14.1. The first-order valence-corrected chi connectivity index (χ1v) is 12.7. The molecule has 176 valence electrons. The number of carbonyl (C=O) groups is 2. The summed E-state index contributed by atoms with van der Waals surface area (Å²) in [4.78, 5) is 25.1. The minimum atomic E-state index is -1.01. The maximum Gasteiger partial charge on any atom is 0.323 e. The molecule has 0 heterocycles. The van der Waals surface area contributed by atoms with Crippen LogP contribution in [0.15, 0.2) is 0 Å². The van der Waals surface area contributed by atoms with Crippen molar-refractivity contribution in [2.24, 2.45) is 17.3 Å². The van der Waals surface area contributed by atoms with E-state index in [1.54, 1.807) is 0 Å². The lowest BCUT2D eigenvalue weighted by molar-refractivity contribution is -0.179. The van der Waals surface area contributed by atoms with E-state index in [0.717, 1.165) is 43.9 Å². The third-order valence-electron chi connectivity index (χ3n) is 6.31. The minimum Gasteiger partial charge on any atom is -0.465 e. The van der Waals surface area contributed by atoms with Crippen molar-refractivity contribution in [2.75, 3.05) is 13.2 Å². The summed E-state index contributed by atoms with van der Waals surface area (Å²) >= 11 is 0. The molecular weight excluding hydrogens is 376 g/mol. The van der Waals surface area contributed by atoms with Gasteiger partial charge in [-0.25, -0.2) is 0 Å². The summed E-state index contributed by atoms with van der Waals surface area (Å²) in [5, 5.41) is 0. The van der Waals surface area contributed by atoms with Gasteiger partial charge in [0.1, 0.15) is 0 Å². The zero-order valence-electron chi connectivity index (χ0n) is 20.3. The highest BCUT2D eigenvalue weighted by Gasteiger charge is 2.53. The number of unbranched alkanes of at least 4 members (excludes halogenated alkanes) is 8. The van der Waals surface area contributed by atoms with Gasteiger partial charge in [-0.3, -0.25) is 9.59 Å². The first-order chi connectivity index (χ1) is 14.4. The van der Waals surface area contributed by atoms with Crippen molar-refractivity contribution in [2.45, 2.75) is 124 Å². The summed E-state index contributed by atoms with van der Waals surface area (Å²) in [6, 6.07) is 0. The van der Waals surface area contributed by atoms with Crippen molar-refractivity contribution in [1.29, 1.82) is 0 Å². The number of ether oxygens (including phenoxy) is 2. The van der Waals surface area contributed by atoms with Crippen LogP contribution in [0, 0.1) is 17.3 Å². The molecule has 30 heavy (non-hydrogen) atoms. The minimum absolute atomic E-state index is 0.354. The van der Waals surface area contributed by atoms with Gasteiger partial charge in [0.15, 0.2) is 5.41 Å². The molecule has 0 aromatic heterocycles. The molecule has 0 aromatic carbocycles. The van der Waals surface area contributed by atoms with Gasteiger partial charge in [0, 0.05) is 0 Å². The van der Waals surface area contributed by atoms with Crippen LogP contribution in [0.5, 0.6) is 0 Å². The predicted octanol–water partition coefficient (Wildman–Crippen LogP) is 7.24. The third kappa shape index (κ3) is 10.8. The molecule has 1 saturated carbocycles. The first-order valence-electron chi connectivity index (χ1n) is 12.7. The van der Waals surface area contributed by atoms with Gasteiger partial charge < -0.3 is 9.47 Å². The molecule has 1 aliphatic carbocycles. The number of hydrogen-bond donors (Lipinski definition) is 0. The summed E-state index contributed by atoms with van der Waals surface area (Å²) in [5.74, 6) is 0.845. The van der Waals surface area contributed by atoms with Crippen LogP contribution in [0.3, 0.4) is 0 Å². The Bertz CT molecular complexity index is 428. The fraction of sp³-hybridized carbons (Fsp3) is 0.923. The Morgan fingerprint density at radius 3 is 1.33 bits per heavy atom. The molecule has 0 radical (unpaired) electrons. The molecule has 0 atom stereocenters. The molecule has 1 fully saturated rings. The van der Waals surface area contributed by atoms with Gasteiger partial charge >= 0.3 is 11.9 Å². The standard InChI is InChI=1S/C26H48O4/c1-22(2)16-11-7-5-9-13-20-29-24(27)26(18-15-19-26)25(28)30-21-14-10-6-8-12-17-23(3)4/h22-23H,5-21H2,1-4H3. The Balaban J connectivity index is 2.12. The maximum absolute atomic E-state index is 12.5. The Labute approximate surface area is 185 Å². The highest BCUT2D eigenvalue weighted by Crippen LogP contribution is 2.43. The van der Waals surface area contributed by atoms with Gasteiger partial charge in [-0.05, 0) is 43.9 Å². The average Bonchev–Trinajstić information content (AvgIpc) is 2.64. The molecular formula is C26H48O4. The maximum atomic E-state index is 12.5. The Morgan fingerprint density at radius 1 is 0.633 bits per heavy atom. The van der Waals surface area contributed by atoms with Crippen LogP contribution < -0.4 is 0 Å². The van der Waals surface area contributed by atoms with E-state index in [1.807, 2.05) is 0 Å². The Morgan fingerprint density at radius 2 is 1.00 bits per heavy atom. The second kappa shape index (κ2) is 15.7. The topological polar surface area (TPSA) is 52.6 Å². The largest absolute Gasteiger partial charge is 0.465 e. The zero-order chi connectivity index (χ0) is 22.2. The predicted molar refractivity (Wildman–Crippen MR) is 123 cm³/mol. The van der Waals surface area contributed by atoms with Crippen molar-refractivity contribution >= 4 is 11.9 Å². The summed E-state index contributed by atoms with van der Waals surface area (Å²) < 4.78 is 10.9. The molecule has 4 nitrogen and oxygen atoms in total. The molecule has 4 heteroatoms. The fourth-order valence-corrected chi connectivity index (χ4v) is 4.00. The SMILES string of the molecule is CC(C)CCCCCCCOC(=O)C1(C(=O)OCCCCCCCC(C)C)CCC1. The van der Waals surface area contributed by atoms with Crippen molar-refractivity contribution < 1.29 is 19.1 Å². The van der Waals surface area contributed by atoms with Gasteiger partial charge in [0.05, 0.1) is 13.2 Å². The number of esters is 2. The van der Waals surface area contributed by atoms with E-state index in [2.05, 4.69) is 27.7 Å². The summed E-state index contributed by atoms with van der Waals surface area (Å²) in [6.07, 6.45) is 16.0. The van der Waals surface area contributed by atoms with E-state index < -0.39 is 5.41 Å². The normalized spacial score (nSPS) is 15.3. The molecule has 0 N–H and O–H groups in total. The van der Waals surface area contributed by atoms with Crippen molar-refractivity contribution in [3.63, 3.8) is 0 Å². The Hall–Kier alpha value is -1.06. The lowest BCUT2D eigenvalue weighted by Crippen LogP contribution is -2.47. The molecule has 0 aliphatic heterocycles. The number of rotatable bonds is 18. The number of hydrogen-bond acceptors (Lipinski definition) is 4. The summed E-state index contributed by atoms with van der Waals surface area (Å²) in [5.41, 5.74) is -1.01. The quantitative estimate of drug-likeness (QED) is 0.132. The monoisotopic (exact) mass is 424 g/mol. The van der Waals surface area contributed by atoms with Crippen LogP contribution in [-0.2, 0) is 19.1 Å². The van der Waals surface area contributed by atoms with Crippen LogP contribution in [0.25, 0.3) is 0 Å². The van der Waals surface area contributed by atoms with E-state index in [1.165, 1.54) is 51.4 Å². The average molecular weight is 425 g/mol. The van der Waals surface area contributed by atoms with E-state index in [0.29, 0.717) is 26.1 Å². The van der Waals surface area contributed by atoms with E-state index in [4.69, 9.17) is 9.47 Å². The molecule has 0 saturated heterocycles. The van der Waals surface area contributed by atoms with Crippen LogP contribution in [0.2, 0.25) is 0 Å². The summed E-state index contributed by atoms with van der Waals surface area (Å²) in [6.45, 7) is 9.89. The molecule has 1 rings (SSSR count). The van der Waals surface area contributed by atoms with Crippen LogP contribution >= 0.6 is 0 Å². The highest BCUT2D eigenvalue weighted by molar-refractivity contribution is 6.01. The van der Waals surface area contributed by atoms with Gasteiger partial charge in [-0.1, -0.05) is 91.9 Å². The highest BCUT2D eigenvalue weighted by atomic mass is 16.6. The second-order valence-electron chi connectivity index (χ2n) is 10.1. The zero-order valence-corrected chi connectivity index (χ0v) is 20.3. The third-order valence-corrected chi connectivity index (χ3v) is 6.31. The van der Waals surface area contributed by atoms with Crippen molar-refractivity contribution in [3.05, 3.63) is 0 Å². The van der Waals surface area contributed by atoms with Crippen LogP contribution in [0.4, 0.5) is 0 Å².